The van der Waals surface area contributed by atoms with Crippen molar-refractivity contribution in [2.75, 3.05) is 77.4 Å². The number of amides is 8. The Hall–Kier alpha value is -8.70. The summed E-state index contributed by atoms with van der Waals surface area (Å²) in [5.41, 5.74) is 2.99. The van der Waals surface area contributed by atoms with Crippen LogP contribution >= 0.6 is 0 Å². The van der Waals surface area contributed by atoms with Crippen LogP contribution in [-0.4, -0.2) is 139 Å². The molecule has 0 fully saturated rings. The summed E-state index contributed by atoms with van der Waals surface area (Å²) in [6.07, 6.45) is 5.04. The molecule has 8 amide bonds. The van der Waals surface area contributed by atoms with Crippen molar-refractivity contribution in [1.29, 1.82) is 0 Å². The molecule has 384 valence electrons. The van der Waals surface area contributed by atoms with Crippen molar-refractivity contribution in [3.63, 3.8) is 0 Å². The Morgan fingerprint density at radius 2 is 0.907 bits per heavy atom. The molecule has 6 aromatic carbocycles. The number of imide groups is 3. The number of ether oxygens (including phenoxy) is 2. The normalized spacial score (nSPS) is 13.8. The molecule has 0 aromatic heterocycles. The Bertz CT molecular complexity index is 3130. The van der Waals surface area contributed by atoms with E-state index in [1.54, 1.807) is 95.9 Å². The van der Waals surface area contributed by atoms with Crippen LogP contribution in [0.1, 0.15) is 94.8 Å². The summed E-state index contributed by atoms with van der Waals surface area (Å²) in [7, 11) is 0. The largest absolute Gasteiger partial charge is 0.489 e. The number of nitrogens with one attached hydrogen (secondary N) is 3. The van der Waals surface area contributed by atoms with Crippen LogP contribution in [0.4, 0.5) is 5.69 Å². The molecule has 3 aliphatic heterocycles. The fourth-order valence-corrected chi connectivity index (χ4v) is 9.98. The number of hydrogen-bond acceptors (Lipinski definition) is 12. The number of hydrogen-bond donors (Lipinski definition) is 3. The molecule has 0 bridgehead atoms. The Balaban J connectivity index is 0.840. The molecule has 3 aliphatic rings. The number of rotatable bonds is 25. The maximum absolute atomic E-state index is 14.1. The van der Waals surface area contributed by atoms with Gasteiger partial charge in [-0.3, -0.25) is 53.1 Å². The first-order chi connectivity index (χ1) is 36.4. The van der Waals surface area contributed by atoms with Gasteiger partial charge in [0.15, 0.2) is 0 Å². The minimum Gasteiger partial charge on any atom is -0.489 e. The summed E-state index contributed by atoms with van der Waals surface area (Å²) >= 11 is 0. The Morgan fingerprint density at radius 3 is 1.35 bits per heavy atom. The van der Waals surface area contributed by atoms with E-state index in [0.717, 1.165) is 40.3 Å². The van der Waals surface area contributed by atoms with Crippen LogP contribution in [0, 0.1) is 0 Å². The highest BCUT2D eigenvalue weighted by Crippen LogP contribution is 2.38. The third-order valence-electron chi connectivity index (χ3n) is 13.7. The van der Waals surface area contributed by atoms with E-state index < -0.39 is 47.3 Å². The average Bonchev–Trinajstić information content (AvgIpc) is 3.45. The lowest BCUT2D eigenvalue weighted by atomic mass is 9.93. The minimum atomic E-state index is -0.497. The number of anilines is 1. The lowest BCUT2D eigenvalue weighted by Crippen LogP contribution is -2.46. The zero-order valence-electron chi connectivity index (χ0n) is 41.7. The summed E-state index contributed by atoms with van der Waals surface area (Å²) in [5.74, 6) is -2.64. The third-order valence-corrected chi connectivity index (χ3v) is 13.7. The highest BCUT2D eigenvalue weighted by atomic mass is 16.5. The van der Waals surface area contributed by atoms with E-state index in [9.17, 15) is 38.4 Å². The van der Waals surface area contributed by atoms with Crippen LogP contribution in [0.3, 0.4) is 0 Å². The summed E-state index contributed by atoms with van der Waals surface area (Å²) in [6, 6.07) is 25.9. The molecule has 3 N–H and O–H groups in total. The van der Waals surface area contributed by atoms with Crippen molar-refractivity contribution >= 4 is 85.3 Å². The number of carbonyl (C=O) groups excluding carboxylic acids is 8. The molecule has 9 rings (SSSR count). The number of nitrogens with zero attached hydrogens (tertiary/aromatic N) is 4. The maximum atomic E-state index is 14.1. The van der Waals surface area contributed by atoms with Gasteiger partial charge >= 0.3 is 0 Å². The van der Waals surface area contributed by atoms with Crippen molar-refractivity contribution in [1.82, 2.24) is 30.2 Å². The summed E-state index contributed by atoms with van der Waals surface area (Å²) in [5, 5.41) is 12.7. The number of benzene rings is 6. The van der Waals surface area contributed by atoms with E-state index in [1.165, 1.54) is 4.90 Å². The second-order valence-electron chi connectivity index (χ2n) is 18.4. The molecule has 3 heterocycles. The van der Waals surface area contributed by atoms with Gasteiger partial charge < -0.3 is 30.3 Å². The number of carbonyl (C=O) groups is 8. The molecular formula is C58H57N7O10. The van der Waals surface area contributed by atoms with Crippen LogP contribution in [0.2, 0.25) is 0 Å². The van der Waals surface area contributed by atoms with Gasteiger partial charge in [0, 0.05) is 143 Å². The lowest BCUT2D eigenvalue weighted by Gasteiger charge is -2.30. The maximum Gasteiger partial charge on any atom is 0.261 e. The summed E-state index contributed by atoms with van der Waals surface area (Å²) < 4.78 is 11.6. The van der Waals surface area contributed by atoms with Crippen molar-refractivity contribution < 1.29 is 47.8 Å². The Labute approximate surface area is 433 Å². The van der Waals surface area contributed by atoms with E-state index in [1.807, 2.05) is 12.1 Å². The van der Waals surface area contributed by atoms with Crippen molar-refractivity contribution in [2.45, 2.75) is 32.6 Å². The standard InChI is InChI=1S/C58H57N7O10/c1-4-7-25-59-45-20-17-42-50-36(45)11-8-14-39(50)55(70)65(58(42)73)33-32-62(28-23-48(66)60-26-30-63-53(68)40-15-9-12-37-46(74-34-5-2)21-18-43(51(37)40)56(63)71)29-24-49(67)61-27-31-64-54(69)41-16-10-13-38-47(75-35-6-3)22-19-44(52(38)41)57(64)72/h5-6,8-22,59H,2-4,7,23-35H2,1H3,(H,60,66)(H,61,67). The SMILES string of the molecule is C=CCOc1ccc2c3c(cccc13)C(=O)N(CCNC(=O)CCN(CCC(=O)NCCN1C(=O)c3cccc4c(OCC=C)ccc(c34)C1=O)CCN1C(=O)c3cccc4c(NCCCC)ccc(c34)C1=O)C2=O. The fourth-order valence-electron chi connectivity index (χ4n) is 9.98. The van der Waals surface area contributed by atoms with Gasteiger partial charge in [0.2, 0.25) is 11.8 Å². The number of unbranched alkanes of at least 4 members (excludes halogenated alkanes) is 1. The van der Waals surface area contributed by atoms with Crippen molar-refractivity contribution in [2.24, 2.45) is 0 Å². The molecule has 17 nitrogen and oxygen atoms in total. The molecule has 0 radical (unpaired) electrons. The molecule has 0 unspecified atom stereocenters. The van der Waals surface area contributed by atoms with Gasteiger partial charge in [-0.1, -0.05) is 75.1 Å². The van der Waals surface area contributed by atoms with Crippen LogP contribution in [0.15, 0.2) is 116 Å². The molecule has 75 heavy (non-hydrogen) atoms. The Kier molecular flexibility index (Phi) is 15.4. The monoisotopic (exact) mass is 1010 g/mol. The molecule has 0 saturated carbocycles. The fraction of sp³-hybridized carbons (Fsp3) is 0.276. The van der Waals surface area contributed by atoms with Crippen LogP contribution in [-0.2, 0) is 9.59 Å². The van der Waals surface area contributed by atoms with Crippen molar-refractivity contribution in [3.8, 4) is 11.5 Å². The molecule has 6 aromatic rings. The van der Waals surface area contributed by atoms with Crippen LogP contribution < -0.4 is 25.4 Å². The molecule has 0 saturated heterocycles. The Morgan fingerprint density at radius 1 is 0.507 bits per heavy atom. The van der Waals surface area contributed by atoms with Crippen molar-refractivity contribution in [3.05, 3.63) is 150 Å². The van der Waals surface area contributed by atoms with E-state index in [2.05, 4.69) is 36.0 Å². The quantitative estimate of drug-likeness (QED) is 0.0302. The highest BCUT2D eigenvalue weighted by molar-refractivity contribution is 6.28. The van der Waals surface area contributed by atoms with E-state index in [-0.39, 0.29) is 78.4 Å². The zero-order valence-corrected chi connectivity index (χ0v) is 41.7. The first-order valence-corrected chi connectivity index (χ1v) is 25.2. The third kappa shape index (κ3) is 10.2. The van der Waals surface area contributed by atoms with Gasteiger partial charge in [0.1, 0.15) is 24.7 Å². The molecule has 0 atom stereocenters. The summed E-state index contributed by atoms with van der Waals surface area (Å²) in [6.45, 7) is 10.8. The zero-order chi connectivity index (χ0) is 52.8. The second kappa shape index (κ2) is 22.6. The minimum absolute atomic E-state index is 0.0317. The molecule has 0 aliphatic carbocycles. The van der Waals surface area contributed by atoms with Gasteiger partial charge in [0.05, 0.1) is 0 Å². The van der Waals surface area contributed by atoms with Gasteiger partial charge in [-0.2, -0.15) is 0 Å². The van der Waals surface area contributed by atoms with Gasteiger partial charge in [-0.25, -0.2) is 0 Å². The van der Waals surface area contributed by atoms with Crippen LogP contribution in [0.25, 0.3) is 32.3 Å². The first-order valence-electron chi connectivity index (χ1n) is 25.2. The highest BCUT2D eigenvalue weighted by Gasteiger charge is 2.36. The smallest absolute Gasteiger partial charge is 0.261 e. The molecule has 17 heteroatoms. The predicted molar refractivity (Wildman–Crippen MR) is 284 cm³/mol. The first kappa shape index (κ1) is 51.2. The summed E-state index contributed by atoms with van der Waals surface area (Å²) in [4.78, 5) is 115. The van der Waals surface area contributed by atoms with E-state index in [4.69, 9.17) is 9.47 Å². The molecule has 0 spiro atoms. The van der Waals surface area contributed by atoms with E-state index in [0.29, 0.717) is 71.8 Å². The second-order valence-corrected chi connectivity index (χ2v) is 18.4. The molecular weight excluding hydrogens is 955 g/mol. The van der Waals surface area contributed by atoms with Crippen LogP contribution in [0.5, 0.6) is 11.5 Å². The van der Waals surface area contributed by atoms with Gasteiger partial charge in [-0.15, -0.1) is 0 Å². The topological polar surface area (TPSA) is 204 Å². The average molecular weight is 1010 g/mol. The van der Waals surface area contributed by atoms with Gasteiger partial charge in [0.25, 0.3) is 35.4 Å². The lowest BCUT2D eigenvalue weighted by molar-refractivity contribution is -0.121. The van der Waals surface area contributed by atoms with E-state index >= 15 is 0 Å². The predicted octanol–water partition coefficient (Wildman–Crippen LogP) is 6.99. The van der Waals surface area contributed by atoms with Gasteiger partial charge in [-0.05, 0) is 61.0 Å².